The van der Waals surface area contributed by atoms with Crippen molar-refractivity contribution in [3.63, 3.8) is 0 Å². The number of carbonyl (C=O) groups excluding carboxylic acids is 2. The highest BCUT2D eigenvalue weighted by Crippen LogP contribution is 2.18. The maximum absolute atomic E-state index is 12.3. The van der Waals surface area contributed by atoms with Gasteiger partial charge >= 0.3 is 0 Å². The summed E-state index contributed by atoms with van der Waals surface area (Å²) in [6.45, 7) is 1.95. The fourth-order valence-corrected chi connectivity index (χ4v) is 2.70. The van der Waals surface area contributed by atoms with Crippen LogP contribution in [0.3, 0.4) is 0 Å². The van der Waals surface area contributed by atoms with Gasteiger partial charge < -0.3 is 14.6 Å². The number of aromatic nitrogens is 2. The molecule has 1 aliphatic rings. The van der Waals surface area contributed by atoms with Gasteiger partial charge in [0.2, 0.25) is 0 Å². The lowest BCUT2D eigenvalue weighted by molar-refractivity contribution is 0.0671. The van der Waals surface area contributed by atoms with Crippen LogP contribution in [0.25, 0.3) is 0 Å². The molecule has 2 amide bonds. The summed E-state index contributed by atoms with van der Waals surface area (Å²) in [4.78, 5) is 26.0. The van der Waals surface area contributed by atoms with Crippen molar-refractivity contribution >= 4 is 11.8 Å². The van der Waals surface area contributed by atoms with Gasteiger partial charge in [-0.25, -0.2) is 0 Å². The highest BCUT2D eigenvalue weighted by atomic mass is 16.3. The minimum Gasteiger partial charge on any atom is -0.472 e. The Bertz CT molecular complexity index is 621. The number of rotatable bonds is 4. The maximum Gasteiger partial charge on any atom is 0.257 e. The second-order valence-electron chi connectivity index (χ2n) is 5.47. The SMILES string of the molecule is O=C(NCC1CCCN(C(=O)c2cn[nH]c2)C1)c1ccoc1. The third-order valence-corrected chi connectivity index (χ3v) is 3.89. The fourth-order valence-electron chi connectivity index (χ4n) is 2.70. The van der Waals surface area contributed by atoms with Gasteiger partial charge in [-0.15, -0.1) is 0 Å². The molecule has 0 aliphatic carbocycles. The molecule has 0 aromatic carbocycles. The van der Waals surface area contributed by atoms with Crippen LogP contribution in [0.5, 0.6) is 0 Å². The van der Waals surface area contributed by atoms with Gasteiger partial charge in [0.05, 0.1) is 23.6 Å². The van der Waals surface area contributed by atoms with Crippen LogP contribution in [-0.2, 0) is 0 Å². The number of hydrogen-bond acceptors (Lipinski definition) is 4. The van der Waals surface area contributed by atoms with E-state index in [1.807, 2.05) is 4.90 Å². The minimum absolute atomic E-state index is 0.0142. The third-order valence-electron chi connectivity index (χ3n) is 3.89. The van der Waals surface area contributed by atoms with Gasteiger partial charge in [0.15, 0.2) is 0 Å². The first-order valence-corrected chi connectivity index (χ1v) is 7.32. The largest absolute Gasteiger partial charge is 0.472 e. The summed E-state index contributed by atoms with van der Waals surface area (Å²) in [6, 6.07) is 1.63. The summed E-state index contributed by atoms with van der Waals surface area (Å²) in [5, 5.41) is 9.35. The summed E-state index contributed by atoms with van der Waals surface area (Å²) in [5.41, 5.74) is 1.09. The lowest BCUT2D eigenvalue weighted by Crippen LogP contribution is -2.43. The summed E-state index contributed by atoms with van der Waals surface area (Å²) in [7, 11) is 0. The molecule has 1 aliphatic heterocycles. The van der Waals surface area contributed by atoms with Gasteiger partial charge in [-0.05, 0) is 24.8 Å². The van der Waals surface area contributed by atoms with Crippen molar-refractivity contribution in [1.29, 1.82) is 0 Å². The lowest BCUT2D eigenvalue weighted by atomic mass is 9.97. The van der Waals surface area contributed by atoms with Gasteiger partial charge in [0.1, 0.15) is 6.26 Å². The van der Waals surface area contributed by atoms with Crippen LogP contribution in [0.15, 0.2) is 35.4 Å². The average Bonchev–Trinajstić information content (AvgIpc) is 3.25. The van der Waals surface area contributed by atoms with Crippen molar-refractivity contribution in [2.75, 3.05) is 19.6 Å². The lowest BCUT2D eigenvalue weighted by Gasteiger charge is -2.32. The van der Waals surface area contributed by atoms with E-state index in [4.69, 9.17) is 4.42 Å². The van der Waals surface area contributed by atoms with E-state index in [2.05, 4.69) is 15.5 Å². The van der Waals surface area contributed by atoms with Crippen LogP contribution in [0.4, 0.5) is 0 Å². The molecule has 1 unspecified atom stereocenters. The van der Waals surface area contributed by atoms with E-state index in [9.17, 15) is 9.59 Å². The Labute approximate surface area is 127 Å². The van der Waals surface area contributed by atoms with Gasteiger partial charge in [-0.2, -0.15) is 5.10 Å². The highest BCUT2D eigenvalue weighted by molar-refractivity contribution is 5.94. The minimum atomic E-state index is -0.146. The van der Waals surface area contributed by atoms with E-state index in [1.165, 1.54) is 18.7 Å². The Balaban J connectivity index is 1.52. The van der Waals surface area contributed by atoms with E-state index in [-0.39, 0.29) is 17.7 Å². The van der Waals surface area contributed by atoms with Crippen LogP contribution >= 0.6 is 0 Å². The topological polar surface area (TPSA) is 91.2 Å². The second-order valence-corrected chi connectivity index (χ2v) is 5.47. The van der Waals surface area contributed by atoms with Crippen LogP contribution in [0, 0.1) is 5.92 Å². The maximum atomic E-state index is 12.3. The van der Waals surface area contributed by atoms with E-state index >= 15 is 0 Å². The average molecular weight is 302 g/mol. The Morgan fingerprint density at radius 3 is 3.09 bits per heavy atom. The standard InChI is InChI=1S/C15H18N4O3/c20-14(12-3-5-22-10-12)16-6-11-2-1-4-19(9-11)15(21)13-7-17-18-8-13/h3,5,7-8,10-11H,1-2,4,6,9H2,(H,16,20)(H,17,18). The smallest absolute Gasteiger partial charge is 0.257 e. The van der Waals surface area contributed by atoms with Crippen LogP contribution in [0.1, 0.15) is 33.6 Å². The number of likely N-dealkylation sites (tertiary alicyclic amines) is 1. The molecule has 0 spiro atoms. The molecule has 2 N–H and O–H groups in total. The van der Waals surface area contributed by atoms with Crippen molar-refractivity contribution in [3.05, 3.63) is 42.1 Å². The molecule has 3 rings (SSSR count). The molecule has 2 aromatic heterocycles. The Hall–Kier alpha value is -2.57. The van der Waals surface area contributed by atoms with E-state index < -0.39 is 0 Å². The zero-order valence-corrected chi connectivity index (χ0v) is 12.1. The summed E-state index contributed by atoms with van der Waals surface area (Å²) in [6.07, 6.45) is 7.97. The third kappa shape index (κ3) is 3.19. The van der Waals surface area contributed by atoms with Crippen molar-refractivity contribution in [2.24, 2.45) is 5.92 Å². The van der Waals surface area contributed by atoms with Gasteiger partial charge in [-0.1, -0.05) is 0 Å². The number of carbonyl (C=O) groups is 2. The molecule has 0 radical (unpaired) electrons. The van der Waals surface area contributed by atoms with Crippen molar-refractivity contribution in [3.8, 4) is 0 Å². The first-order valence-electron chi connectivity index (χ1n) is 7.32. The molecule has 0 saturated carbocycles. The molecule has 0 bridgehead atoms. The predicted octanol–water partition coefficient (Wildman–Crippen LogP) is 1.28. The Kier molecular flexibility index (Phi) is 4.22. The number of amides is 2. The molecular weight excluding hydrogens is 284 g/mol. The van der Waals surface area contributed by atoms with Crippen molar-refractivity contribution in [2.45, 2.75) is 12.8 Å². The number of nitrogens with one attached hydrogen (secondary N) is 2. The van der Waals surface area contributed by atoms with Gasteiger partial charge in [0, 0.05) is 25.8 Å². The molecule has 1 fully saturated rings. The number of nitrogens with zero attached hydrogens (tertiary/aromatic N) is 2. The van der Waals surface area contributed by atoms with Crippen molar-refractivity contribution in [1.82, 2.24) is 20.4 Å². The monoisotopic (exact) mass is 302 g/mol. The summed E-state index contributed by atoms with van der Waals surface area (Å²) < 4.78 is 4.89. The quantitative estimate of drug-likeness (QED) is 0.890. The zero-order valence-electron chi connectivity index (χ0n) is 12.1. The number of furan rings is 1. The van der Waals surface area contributed by atoms with Gasteiger partial charge in [0.25, 0.3) is 11.8 Å². The molecule has 3 heterocycles. The molecular formula is C15H18N4O3. The number of hydrogen-bond donors (Lipinski definition) is 2. The first-order chi connectivity index (χ1) is 10.7. The molecule has 7 heteroatoms. The highest BCUT2D eigenvalue weighted by Gasteiger charge is 2.25. The summed E-state index contributed by atoms with van der Waals surface area (Å²) in [5.74, 6) is 0.104. The fraction of sp³-hybridized carbons (Fsp3) is 0.400. The van der Waals surface area contributed by atoms with Crippen LogP contribution in [0.2, 0.25) is 0 Å². The first kappa shape index (κ1) is 14.4. The molecule has 1 saturated heterocycles. The second kappa shape index (κ2) is 6.46. The Morgan fingerprint density at radius 1 is 1.45 bits per heavy atom. The molecule has 22 heavy (non-hydrogen) atoms. The zero-order chi connectivity index (χ0) is 15.4. The van der Waals surface area contributed by atoms with Gasteiger partial charge in [-0.3, -0.25) is 14.7 Å². The predicted molar refractivity (Wildman–Crippen MR) is 78.3 cm³/mol. The molecule has 116 valence electrons. The number of piperidine rings is 1. The van der Waals surface area contributed by atoms with E-state index in [1.54, 1.807) is 12.3 Å². The summed E-state index contributed by atoms with van der Waals surface area (Å²) >= 11 is 0. The Morgan fingerprint density at radius 2 is 2.36 bits per heavy atom. The molecule has 7 nitrogen and oxygen atoms in total. The molecule has 2 aromatic rings. The number of aromatic amines is 1. The van der Waals surface area contributed by atoms with E-state index in [0.29, 0.717) is 24.2 Å². The van der Waals surface area contributed by atoms with Crippen molar-refractivity contribution < 1.29 is 14.0 Å². The van der Waals surface area contributed by atoms with Crippen LogP contribution in [-0.4, -0.2) is 46.5 Å². The normalized spacial score (nSPS) is 18.2. The number of H-pyrrole nitrogens is 1. The van der Waals surface area contributed by atoms with Crippen LogP contribution < -0.4 is 5.32 Å². The van der Waals surface area contributed by atoms with E-state index in [0.717, 1.165) is 19.4 Å². The molecule has 1 atom stereocenters.